The molecule has 0 bridgehead atoms. The number of nitrogens with two attached hydrogens (primary N) is 2. The summed E-state index contributed by atoms with van der Waals surface area (Å²) in [5.41, 5.74) is 10.8. The Morgan fingerprint density at radius 2 is 1.93 bits per heavy atom. The molecule has 82 valence electrons. The fourth-order valence-corrected chi connectivity index (χ4v) is 1.09. The number of hydrogen-bond donors (Lipinski definition) is 2. The minimum absolute atomic E-state index is 0.00912. The van der Waals surface area contributed by atoms with E-state index in [-0.39, 0.29) is 12.2 Å². The summed E-state index contributed by atoms with van der Waals surface area (Å²) in [5.74, 6) is -1.89. The van der Waals surface area contributed by atoms with Crippen molar-refractivity contribution in [2.45, 2.75) is 12.7 Å². The molecule has 15 heavy (non-hydrogen) atoms. The van der Waals surface area contributed by atoms with Crippen LogP contribution in [0.3, 0.4) is 0 Å². The van der Waals surface area contributed by atoms with Crippen LogP contribution in [0.4, 0.5) is 18.9 Å². The van der Waals surface area contributed by atoms with Gasteiger partial charge in [-0.2, -0.15) is 13.2 Å². The lowest BCUT2D eigenvalue weighted by Gasteiger charge is -2.08. The smallest absolute Gasteiger partial charge is 0.398 e. The zero-order valence-electron chi connectivity index (χ0n) is 7.64. The quantitative estimate of drug-likeness (QED) is 0.583. The predicted octanol–water partition coefficient (Wildman–Crippen LogP) is 1.47. The van der Waals surface area contributed by atoms with Crippen LogP contribution in [-0.4, -0.2) is 12.0 Å². The van der Waals surface area contributed by atoms with Crippen molar-refractivity contribution in [2.75, 3.05) is 5.73 Å². The second-order valence-corrected chi connectivity index (χ2v) is 2.94. The van der Waals surface area contributed by atoms with Gasteiger partial charge >= 0.3 is 6.18 Å². The highest BCUT2D eigenvalue weighted by Crippen LogP contribution is 2.23. The highest BCUT2D eigenvalue weighted by molar-refractivity contribution is 6.00. The van der Waals surface area contributed by atoms with Crippen LogP contribution in [0.15, 0.2) is 18.2 Å². The Kier molecular flexibility index (Phi) is 2.99. The third-order valence-electron chi connectivity index (χ3n) is 1.88. The molecule has 1 aromatic carbocycles. The fourth-order valence-electron chi connectivity index (χ4n) is 1.09. The van der Waals surface area contributed by atoms with Gasteiger partial charge in [-0.15, -0.1) is 0 Å². The molecule has 1 aromatic rings. The van der Waals surface area contributed by atoms with Gasteiger partial charge in [0.2, 0.25) is 0 Å². The van der Waals surface area contributed by atoms with Crippen molar-refractivity contribution in [3.63, 3.8) is 0 Å². The van der Waals surface area contributed by atoms with E-state index < -0.39 is 17.5 Å². The first kappa shape index (κ1) is 11.5. The number of alkyl halides is 3. The molecule has 1 rings (SSSR count). The molecule has 6 heteroatoms. The summed E-state index contributed by atoms with van der Waals surface area (Å²) in [5, 5.41) is 0. The van der Waals surface area contributed by atoms with Gasteiger partial charge < -0.3 is 11.5 Å². The molecule has 3 nitrogen and oxygen atoms in total. The zero-order chi connectivity index (χ0) is 11.6. The number of Topliss-reactive ketones (excluding diaryl/α,β-unsaturated/α-hetero) is 1. The normalized spacial score (nSPS) is 11.5. The van der Waals surface area contributed by atoms with Crippen LogP contribution in [0.25, 0.3) is 0 Å². The first-order valence-electron chi connectivity index (χ1n) is 4.06. The molecule has 0 aromatic heterocycles. The molecular weight excluding hydrogens is 209 g/mol. The predicted molar refractivity (Wildman–Crippen MR) is 49.1 cm³/mol. The molecule has 0 amide bonds. The number of nitrogen functional groups attached to an aromatic ring is 1. The van der Waals surface area contributed by atoms with E-state index in [0.717, 1.165) is 12.1 Å². The molecule has 0 saturated carbocycles. The summed E-state index contributed by atoms with van der Waals surface area (Å²) in [6.07, 6.45) is -4.87. The molecule has 0 aliphatic carbocycles. The summed E-state index contributed by atoms with van der Waals surface area (Å²) in [6, 6.07) is 3.33. The van der Waals surface area contributed by atoms with Crippen molar-refractivity contribution < 1.29 is 18.0 Å². The van der Waals surface area contributed by atoms with Crippen LogP contribution >= 0.6 is 0 Å². The standard InChI is InChI=1S/C9H9F3N2O/c10-9(11,12)8(15)5-1-2-7(14)6(3-5)4-13/h1-3H,4,13-14H2. The Bertz CT molecular complexity index is 387. The number of hydrogen-bond acceptors (Lipinski definition) is 3. The zero-order valence-corrected chi connectivity index (χ0v) is 7.64. The van der Waals surface area contributed by atoms with E-state index in [4.69, 9.17) is 11.5 Å². The van der Waals surface area contributed by atoms with Crippen molar-refractivity contribution in [1.29, 1.82) is 0 Å². The van der Waals surface area contributed by atoms with Crippen LogP contribution < -0.4 is 11.5 Å². The molecule has 4 N–H and O–H groups in total. The van der Waals surface area contributed by atoms with Gasteiger partial charge in [0.1, 0.15) is 0 Å². The minimum Gasteiger partial charge on any atom is -0.398 e. The number of benzene rings is 1. The molecule has 0 fully saturated rings. The monoisotopic (exact) mass is 218 g/mol. The van der Waals surface area contributed by atoms with Crippen molar-refractivity contribution in [2.24, 2.45) is 5.73 Å². The molecule has 0 aliphatic heterocycles. The summed E-state index contributed by atoms with van der Waals surface area (Å²) >= 11 is 0. The third-order valence-corrected chi connectivity index (χ3v) is 1.88. The molecule has 0 saturated heterocycles. The Hall–Kier alpha value is -1.56. The lowest BCUT2D eigenvalue weighted by atomic mass is 10.1. The lowest BCUT2D eigenvalue weighted by molar-refractivity contribution is -0.0885. The van der Waals surface area contributed by atoms with E-state index in [1.54, 1.807) is 0 Å². The molecule has 0 atom stereocenters. The number of ketones is 1. The van der Waals surface area contributed by atoms with Crippen LogP contribution in [0.5, 0.6) is 0 Å². The fraction of sp³-hybridized carbons (Fsp3) is 0.222. The van der Waals surface area contributed by atoms with Gasteiger partial charge in [-0.1, -0.05) is 0 Å². The molecular formula is C9H9F3N2O. The number of carbonyl (C=O) groups excluding carboxylic acids is 1. The highest BCUT2D eigenvalue weighted by atomic mass is 19.4. The van der Waals surface area contributed by atoms with Crippen LogP contribution in [-0.2, 0) is 6.54 Å². The maximum atomic E-state index is 12.1. The van der Waals surface area contributed by atoms with E-state index in [1.807, 2.05) is 0 Å². The van der Waals surface area contributed by atoms with Crippen LogP contribution in [0.1, 0.15) is 15.9 Å². The minimum atomic E-state index is -4.87. The number of rotatable bonds is 2. The second kappa shape index (κ2) is 3.90. The van der Waals surface area contributed by atoms with E-state index in [1.165, 1.54) is 6.07 Å². The van der Waals surface area contributed by atoms with Crippen LogP contribution in [0, 0.1) is 0 Å². The first-order valence-corrected chi connectivity index (χ1v) is 4.06. The summed E-state index contributed by atoms with van der Waals surface area (Å²) in [4.78, 5) is 10.8. The SMILES string of the molecule is NCc1cc(C(=O)C(F)(F)F)ccc1N. The van der Waals surface area contributed by atoms with Gasteiger partial charge in [0, 0.05) is 17.8 Å². The van der Waals surface area contributed by atoms with E-state index >= 15 is 0 Å². The molecule has 0 aliphatic rings. The first-order chi connectivity index (χ1) is 6.86. The topological polar surface area (TPSA) is 69.1 Å². The maximum Gasteiger partial charge on any atom is 0.454 e. The number of halogens is 3. The van der Waals surface area contributed by atoms with Crippen molar-refractivity contribution >= 4 is 11.5 Å². The largest absolute Gasteiger partial charge is 0.454 e. The van der Waals surface area contributed by atoms with Crippen molar-refractivity contribution in [3.05, 3.63) is 29.3 Å². The Labute approximate surface area is 83.9 Å². The average Bonchev–Trinajstić information content (AvgIpc) is 2.16. The van der Waals surface area contributed by atoms with E-state index in [9.17, 15) is 18.0 Å². The molecule has 0 heterocycles. The lowest BCUT2D eigenvalue weighted by Crippen LogP contribution is -2.23. The Balaban J connectivity index is 3.12. The van der Waals surface area contributed by atoms with Gasteiger partial charge in [0.05, 0.1) is 0 Å². The average molecular weight is 218 g/mol. The Morgan fingerprint density at radius 1 is 1.33 bits per heavy atom. The van der Waals surface area contributed by atoms with Crippen molar-refractivity contribution in [3.8, 4) is 0 Å². The Morgan fingerprint density at radius 3 is 2.40 bits per heavy atom. The maximum absolute atomic E-state index is 12.1. The summed E-state index contributed by atoms with van der Waals surface area (Å²) < 4.78 is 36.2. The molecule has 0 unspecified atom stereocenters. The van der Waals surface area contributed by atoms with Crippen LogP contribution in [0.2, 0.25) is 0 Å². The number of anilines is 1. The van der Waals surface area contributed by atoms with Gasteiger partial charge in [-0.25, -0.2) is 0 Å². The van der Waals surface area contributed by atoms with E-state index in [2.05, 4.69) is 0 Å². The summed E-state index contributed by atoms with van der Waals surface area (Å²) in [6.45, 7) is -0.00912. The van der Waals surface area contributed by atoms with Gasteiger partial charge in [0.15, 0.2) is 0 Å². The number of carbonyl (C=O) groups is 1. The molecule has 0 radical (unpaired) electrons. The van der Waals surface area contributed by atoms with Crippen molar-refractivity contribution in [1.82, 2.24) is 0 Å². The van der Waals surface area contributed by atoms with Gasteiger partial charge in [0.25, 0.3) is 5.78 Å². The molecule has 0 spiro atoms. The third kappa shape index (κ3) is 2.47. The van der Waals surface area contributed by atoms with Gasteiger partial charge in [-0.05, 0) is 23.8 Å². The van der Waals surface area contributed by atoms with E-state index in [0.29, 0.717) is 5.56 Å². The second-order valence-electron chi connectivity index (χ2n) is 2.94. The van der Waals surface area contributed by atoms with Gasteiger partial charge in [-0.3, -0.25) is 4.79 Å². The highest BCUT2D eigenvalue weighted by Gasteiger charge is 2.39. The summed E-state index contributed by atoms with van der Waals surface area (Å²) in [7, 11) is 0.